The summed E-state index contributed by atoms with van der Waals surface area (Å²) in [6.07, 6.45) is -2.74. The Labute approximate surface area is 108 Å². The Morgan fingerprint density at radius 2 is 1.95 bits per heavy atom. The zero-order valence-corrected chi connectivity index (χ0v) is 10.6. The summed E-state index contributed by atoms with van der Waals surface area (Å²) in [6, 6.07) is 5.11. The van der Waals surface area contributed by atoms with Crippen LogP contribution >= 0.6 is 0 Å². The molecule has 0 aliphatic heterocycles. The van der Waals surface area contributed by atoms with E-state index < -0.39 is 11.7 Å². The third-order valence-electron chi connectivity index (χ3n) is 2.75. The summed E-state index contributed by atoms with van der Waals surface area (Å²) in [6.45, 7) is 3.84. The average Bonchev–Trinajstić information content (AvgIpc) is 2.71. The molecule has 0 atom stereocenters. The molecule has 0 fully saturated rings. The summed E-state index contributed by atoms with van der Waals surface area (Å²) in [5.74, 6) is 0. The first-order chi connectivity index (χ1) is 8.79. The average molecular weight is 269 g/mol. The molecule has 0 aliphatic carbocycles. The largest absolute Gasteiger partial charge is 0.416 e. The van der Waals surface area contributed by atoms with Gasteiger partial charge < -0.3 is 5.73 Å². The van der Waals surface area contributed by atoms with Crippen LogP contribution < -0.4 is 5.73 Å². The van der Waals surface area contributed by atoms with Crippen LogP contribution in [0, 0.1) is 0 Å². The molecule has 1 aromatic carbocycles. The fraction of sp³-hybridized carbons (Fsp3) is 0.308. The Kier molecular flexibility index (Phi) is 3.26. The van der Waals surface area contributed by atoms with Gasteiger partial charge in [0.1, 0.15) is 5.69 Å². The fourth-order valence-electron chi connectivity index (χ4n) is 1.74. The minimum atomic E-state index is -4.37. The van der Waals surface area contributed by atoms with E-state index >= 15 is 0 Å². The number of rotatable bonds is 2. The van der Waals surface area contributed by atoms with E-state index in [1.54, 1.807) is 16.9 Å². The smallest absolute Gasteiger partial charge is 0.396 e. The molecule has 0 aliphatic rings. The molecule has 0 saturated carbocycles. The van der Waals surface area contributed by atoms with E-state index in [0.29, 0.717) is 16.9 Å². The highest BCUT2D eigenvalue weighted by molar-refractivity contribution is 5.72. The number of alkyl halides is 3. The SMILES string of the molecule is CC(C)n1cc(N)c(-c2cccc(C(F)(F)F)c2)n1. The summed E-state index contributed by atoms with van der Waals surface area (Å²) in [7, 11) is 0. The van der Waals surface area contributed by atoms with Gasteiger partial charge in [-0.1, -0.05) is 12.1 Å². The molecule has 0 bridgehead atoms. The first-order valence-corrected chi connectivity index (χ1v) is 5.81. The van der Waals surface area contributed by atoms with Crippen molar-refractivity contribution in [3.8, 4) is 11.3 Å². The second-order valence-electron chi connectivity index (χ2n) is 4.59. The maximum atomic E-state index is 12.7. The Hall–Kier alpha value is -1.98. The van der Waals surface area contributed by atoms with Gasteiger partial charge in [-0.05, 0) is 26.0 Å². The molecule has 1 heterocycles. The van der Waals surface area contributed by atoms with Crippen LogP contribution in [0.4, 0.5) is 18.9 Å². The summed E-state index contributed by atoms with van der Waals surface area (Å²) in [4.78, 5) is 0. The van der Waals surface area contributed by atoms with E-state index in [-0.39, 0.29) is 6.04 Å². The second kappa shape index (κ2) is 4.60. The number of benzene rings is 1. The van der Waals surface area contributed by atoms with Gasteiger partial charge in [-0.3, -0.25) is 4.68 Å². The number of nitrogens with two attached hydrogens (primary N) is 1. The highest BCUT2D eigenvalue weighted by atomic mass is 19.4. The summed E-state index contributed by atoms with van der Waals surface area (Å²) in [5, 5.41) is 4.23. The standard InChI is InChI=1S/C13H14F3N3/c1-8(2)19-7-11(17)12(18-19)9-4-3-5-10(6-9)13(14,15)16/h3-8H,17H2,1-2H3. The van der Waals surface area contributed by atoms with Crippen LogP contribution in [0.5, 0.6) is 0 Å². The van der Waals surface area contributed by atoms with Gasteiger partial charge in [0.2, 0.25) is 0 Å². The zero-order chi connectivity index (χ0) is 14.2. The molecule has 6 heteroatoms. The van der Waals surface area contributed by atoms with Crippen molar-refractivity contribution >= 4 is 5.69 Å². The molecule has 1 aromatic heterocycles. The van der Waals surface area contributed by atoms with Crippen molar-refractivity contribution in [2.75, 3.05) is 5.73 Å². The number of hydrogen-bond donors (Lipinski definition) is 1. The minimum absolute atomic E-state index is 0.0989. The zero-order valence-electron chi connectivity index (χ0n) is 10.6. The van der Waals surface area contributed by atoms with Crippen molar-refractivity contribution in [2.45, 2.75) is 26.1 Å². The summed E-state index contributed by atoms with van der Waals surface area (Å²) in [5.41, 5.74) is 6.21. The lowest BCUT2D eigenvalue weighted by molar-refractivity contribution is -0.137. The van der Waals surface area contributed by atoms with Gasteiger partial charge in [0, 0.05) is 17.8 Å². The maximum Gasteiger partial charge on any atom is 0.416 e. The molecular formula is C13H14F3N3. The number of anilines is 1. The van der Waals surface area contributed by atoms with Gasteiger partial charge in [0.25, 0.3) is 0 Å². The second-order valence-corrected chi connectivity index (χ2v) is 4.59. The van der Waals surface area contributed by atoms with Crippen LogP contribution in [0.2, 0.25) is 0 Å². The van der Waals surface area contributed by atoms with Crippen LogP contribution in [-0.4, -0.2) is 9.78 Å². The van der Waals surface area contributed by atoms with Gasteiger partial charge in [-0.2, -0.15) is 18.3 Å². The third kappa shape index (κ3) is 2.72. The summed E-state index contributed by atoms with van der Waals surface area (Å²) < 4.78 is 39.6. The molecule has 3 nitrogen and oxygen atoms in total. The van der Waals surface area contributed by atoms with E-state index in [0.717, 1.165) is 12.1 Å². The van der Waals surface area contributed by atoms with E-state index in [9.17, 15) is 13.2 Å². The van der Waals surface area contributed by atoms with Crippen molar-refractivity contribution in [1.29, 1.82) is 0 Å². The van der Waals surface area contributed by atoms with Gasteiger partial charge in [0.05, 0.1) is 11.3 Å². The number of nitrogens with zero attached hydrogens (tertiary/aromatic N) is 2. The highest BCUT2D eigenvalue weighted by Crippen LogP contribution is 2.33. The van der Waals surface area contributed by atoms with Gasteiger partial charge in [-0.25, -0.2) is 0 Å². The number of nitrogen functional groups attached to an aromatic ring is 1. The molecule has 0 unspecified atom stereocenters. The Bertz CT molecular complexity index is 585. The quantitative estimate of drug-likeness (QED) is 0.902. The monoisotopic (exact) mass is 269 g/mol. The van der Waals surface area contributed by atoms with E-state index in [1.165, 1.54) is 6.07 Å². The normalized spacial score (nSPS) is 12.1. The Morgan fingerprint density at radius 3 is 2.47 bits per heavy atom. The van der Waals surface area contributed by atoms with Crippen LogP contribution in [-0.2, 0) is 6.18 Å². The van der Waals surface area contributed by atoms with Gasteiger partial charge in [-0.15, -0.1) is 0 Å². The van der Waals surface area contributed by atoms with Crippen molar-refractivity contribution in [3.63, 3.8) is 0 Å². The predicted octanol–water partition coefficient (Wildman–Crippen LogP) is 3.73. The summed E-state index contributed by atoms with van der Waals surface area (Å²) >= 11 is 0. The lowest BCUT2D eigenvalue weighted by atomic mass is 10.1. The first-order valence-electron chi connectivity index (χ1n) is 5.81. The van der Waals surface area contributed by atoms with Crippen molar-refractivity contribution in [3.05, 3.63) is 36.0 Å². The van der Waals surface area contributed by atoms with Crippen molar-refractivity contribution < 1.29 is 13.2 Å². The Morgan fingerprint density at radius 1 is 1.26 bits per heavy atom. The molecule has 2 aromatic rings. The molecule has 2 rings (SSSR count). The lowest BCUT2D eigenvalue weighted by Crippen LogP contribution is -2.05. The molecule has 0 spiro atoms. The molecule has 0 radical (unpaired) electrons. The lowest BCUT2D eigenvalue weighted by Gasteiger charge is -2.08. The number of aromatic nitrogens is 2. The number of halogens is 3. The van der Waals surface area contributed by atoms with Gasteiger partial charge in [0.15, 0.2) is 0 Å². The van der Waals surface area contributed by atoms with Crippen molar-refractivity contribution in [1.82, 2.24) is 9.78 Å². The van der Waals surface area contributed by atoms with Crippen LogP contribution in [0.1, 0.15) is 25.5 Å². The Balaban J connectivity index is 2.48. The highest BCUT2D eigenvalue weighted by Gasteiger charge is 2.30. The molecule has 19 heavy (non-hydrogen) atoms. The van der Waals surface area contributed by atoms with Crippen LogP contribution in [0.25, 0.3) is 11.3 Å². The molecule has 102 valence electrons. The van der Waals surface area contributed by atoms with E-state index in [2.05, 4.69) is 5.10 Å². The fourth-order valence-corrected chi connectivity index (χ4v) is 1.74. The topological polar surface area (TPSA) is 43.8 Å². The van der Waals surface area contributed by atoms with Crippen LogP contribution in [0.15, 0.2) is 30.5 Å². The molecule has 0 amide bonds. The predicted molar refractivity (Wildman–Crippen MR) is 67.5 cm³/mol. The first kappa shape index (κ1) is 13.5. The van der Waals surface area contributed by atoms with Crippen molar-refractivity contribution in [2.24, 2.45) is 0 Å². The number of hydrogen-bond acceptors (Lipinski definition) is 2. The van der Waals surface area contributed by atoms with Crippen LogP contribution in [0.3, 0.4) is 0 Å². The molecule has 2 N–H and O–H groups in total. The van der Waals surface area contributed by atoms with Gasteiger partial charge >= 0.3 is 6.18 Å². The molecular weight excluding hydrogens is 255 g/mol. The maximum absolute atomic E-state index is 12.7. The molecule has 0 saturated heterocycles. The van der Waals surface area contributed by atoms with E-state index in [1.807, 2.05) is 13.8 Å². The van der Waals surface area contributed by atoms with E-state index in [4.69, 9.17) is 5.73 Å². The minimum Gasteiger partial charge on any atom is -0.396 e. The third-order valence-corrected chi connectivity index (χ3v) is 2.75.